The molecule has 1 aliphatic rings. The molecule has 0 atom stereocenters. The van der Waals surface area contributed by atoms with Crippen molar-refractivity contribution in [3.63, 3.8) is 0 Å². The average molecular weight is 441 g/mol. The van der Waals surface area contributed by atoms with E-state index >= 15 is 0 Å². The third-order valence-electron chi connectivity index (χ3n) is 4.59. The molecule has 1 nitrogen and oxygen atoms in total. The van der Waals surface area contributed by atoms with E-state index in [2.05, 4.69) is 32.0 Å². The number of fused-ring (bicyclic) bond motifs is 1. The van der Waals surface area contributed by atoms with Gasteiger partial charge in [-0.2, -0.15) is 0 Å². The highest BCUT2D eigenvalue weighted by molar-refractivity contribution is 8.11. The molecule has 0 saturated heterocycles. The van der Waals surface area contributed by atoms with E-state index in [4.69, 9.17) is 11.6 Å². The van der Waals surface area contributed by atoms with Crippen LogP contribution in [0.5, 0.6) is 0 Å². The van der Waals surface area contributed by atoms with Gasteiger partial charge in [0.1, 0.15) is 5.82 Å². The number of Topliss-reactive ketones (excluding diaryl/α,β-unsaturated/α-hetero) is 1. The summed E-state index contributed by atoms with van der Waals surface area (Å²) in [5, 5.41) is 0.341. The number of carbonyl (C=O) groups excluding carboxylic acids is 1. The van der Waals surface area contributed by atoms with Crippen LogP contribution < -0.4 is 0 Å². The van der Waals surface area contributed by atoms with Crippen molar-refractivity contribution < 1.29 is 9.18 Å². The molecule has 0 radical (unpaired) electrons. The molecule has 5 heteroatoms. The van der Waals surface area contributed by atoms with Crippen LogP contribution >= 0.6 is 35.1 Å². The van der Waals surface area contributed by atoms with Crippen LogP contribution in [0.1, 0.15) is 22.3 Å². The number of halogens is 2. The molecule has 146 valence electrons. The number of aryl methyl sites for hydroxylation is 2. The molecule has 0 bridgehead atoms. The molecule has 0 aromatic heterocycles. The maximum atomic E-state index is 13.5. The second-order valence-corrected chi connectivity index (χ2v) is 9.56. The lowest BCUT2D eigenvalue weighted by Crippen LogP contribution is -2.13. The Hall–Kier alpha value is -2.01. The summed E-state index contributed by atoms with van der Waals surface area (Å²) >= 11 is 9.20. The van der Waals surface area contributed by atoms with Crippen LogP contribution in [0.25, 0.3) is 4.91 Å². The highest BCUT2D eigenvalue weighted by Crippen LogP contribution is 2.48. The van der Waals surface area contributed by atoms with E-state index in [0.29, 0.717) is 16.3 Å². The summed E-state index contributed by atoms with van der Waals surface area (Å²) in [5.74, 6) is -0.285. The Bertz CT molecular complexity index is 1130. The molecule has 0 aliphatic heterocycles. The van der Waals surface area contributed by atoms with Crippen molar-refractivity contribution in [3.05, 3.63) is 98.7 Å². The third kappa shape index (κ3) is 4.45. The minimum atomic E-state index is -0.377. The van der Waals surface area contributed by atoms with Crippen molar-refractivity contribution in [2.45, 2.75) is 30.1 Å². The molecule has 0 fully saturated rings. The Morgan fingerprint density at radius 1 is 0.897 bits per heavy atom. The summed E-state index contributed by atoms with van der Waals surface area (Å²) in [5.41, 5.74) is 4.35. The number of rotatable bonds is 4. The SMILES string of the molecule is Cc1cc(C)cc(SC2=C(Sc3ccc(F)cc3Cl)c3ccccc3CC2=O)c1. The zero-order chi connectivity index (χ0) is 20.5. The van der Waals surface area contributed by atoms with Gasteiger partial charge in [0.25, 0.3) is 0 Å². The predicted octanol–water partition coefficient (Wildman–Crippen LogP) is 7.47. The fourth-order valence-electron chi connectivity index (χ4n) is 3.38. The van der Waals surface area contributed by atoms with E-state index in [9.17, 15) is 9.18 Å². The number of hydrogen-bond donors (Lipinski definition) is 0. The topological polar surface area (TPSA) is 17.1 Å². The van der Waals surface area contributed by atoms with Gasteiger partial charge in [-0.15, -0.1) is 0 Å². The monoisotopic (exact) mass is 440 g/mol. The highest BCUT2D eigenvalue weighted by Gasteiger charge is 2.27. The van der Waals surface area contributed by atoms with E-state index in [1.165, 1.54) is 35.7 Å². The molecule has 0 heterocycles. The molecule has 0 amide bonds. The molecule has 4 rings (SSSR count). The summed E-state index contributed by atoms with van der Waals surface area (Å²) < 4.78 is 13.5. The largest absolute Gasteiger partial charge is 0.293 e. The number of ketones is 1. The Kier molecular flexibility index (Phi) is 5.86. The van der Waals surface area contributed by atoms with Crippen LogP contribution in [0.15, 0.2) is 75.4 Å². The molecule has 1 aliphatic carbocycles. The van der Waals surface area contributed by atoms with Gasteiger partial charge < -0.3 is 0 Å². The standard InChI is InChI=1S/C24H18ClFOS2/c1-14-9-15(2)11-18(10-14)28-24-21(27)12-16-5-3-4-6-19(16)23(24)29-22-8-7-17(26)13-20(22)25/h3-11,13H,12H2,1-2H3. The average Bonchev–Trinajstić information content (AvgIpc) is 2.65. The van der Waals surface area contributed by atoms with Crippen LogP contribution in [0.4, 0.5) is 4.39 Å². The zero-order valence-corrected chi connectivity index (χ0v) is 18.4. The molecule has 0 N–H and O–H groups in total. The molecule has 0 unspecified atom stereocenters. The van der Waals surface area contributed by atoms with E-state index in [1.54, 1.807) is 6.07 Å². The quantitative estimate of drug-likeness (QED) is 0.418. The lowest BCUT2D eigenvalue weighted by atomic mass is 9.96. The Morgan fingerprint density at radius 2 is 1.62 bits per heavy atom. The van der Waals surface area contributed by atoms with Crippen molar-refractivity contribution in [2.75, 3.05) is 0 Å². The molecule has 0 spiro atoms. The number of thioether (sulfide) groups is 2. The Balaban J connectivity index is 1.84. The first kappa shape index (κ1) is 20.3. The number of hydrogen-bond acceptors (Lipinski definition) is 3. The van der Waals surface area contributed by atoms with Crippen molar-refractivity contribution in [1.82, 2.24) is 0 Å². The lowest BCUT2D eigenvalue weighted by Gasteiger charge is -2.22. The maximum absolute atomic E-state index is 13.5. The summed E-state index contributed by atoms with van der Waals surface area (Å²) in [6.45, 7) is 4.11. The normalized spacial score (nSPS) is 13.6. The van der Waals surface area contributed by atoms with Gasteiger partial charge in [-0.3, -0.25) is 4.79 Å². The van der Waals surface area contributed by atoms with Gasteiger partial charge in [-0.25, -0.2) is 4.39 Å². The Labute approximate surface area is 183 Å². The van der Waals surface area contributed by atoms with Crippen LogP contribution in [-0.4, -0.2) is 5.78 Å². The van der Waals surface area contributed by atoms with Gasteiger partial charge in [0, 0.05) is 21.1 Å². The zero-order valence-electron chi connectivity index (χ0n) is 16.0. The smallest absolute Gasteiger partial charge is 0.175 e. The second kappa shape index (κ2) is 8.39. The van der Waals surface area contributed by atoms with Gasteiger partial charge in [0.15, 0.2) is 5.78 Å². The maximum Gasteiger partial charge on any atom is 0.175 e. The van der Waals surface area contributed by atoms with Gasteiger partial charge in [0.2, 0.25) is 0 Å². The van der Waals surface area contributed by atoms with E-state index < -0.39 is 0 Å². The van der Waals surface area contributed by atoms with Gasteiger partial charge in [0.05, 0.1) is 9.93 Å². The first-order valence-electron chi connectivity index (χ1n) is 9.15. The molecular weight excluding hydrogens is 423 g/mol. The second-order valence-electron chi connectivity index (χ2n) is 7.02. The van der Waals surface area contributed by atoms with Gasteiger partial charge in [-0.05, 0) is 66.4 Å². The van der Waals surface area contributed by atoms with Crippen LogP contribution in [0.3, 0.4) is 0 Å². The van der Waals surface area contributed by atoms with Crippen LogP contribution in [-0.2, 0) is 11.2 Å². The number of benzene rings is 3. The van der Waals surface area contributed by atoms with Gasteiger partial charge in [-0.1, -0.05) is 65.5 Å². The fourth-order valence-corrected chi connectivity index (χ4v) is 6.06. The fraction of sp³-hybridized carbons (Fsp3) is 0.125. The highest BCUT2D eigenvalue weighted by atomic mass is 35.5. The first-order chi connectivity index (χ1) is 13.9. The summed E-state index contributed by atoms with van der Waals surface area (Å²) in [6, 6.07) is 18.6. The van der Waals surface area contributed by atoms with Crippen molar-refractivity contribution >= 4 is 45.8 Å². The summed E-state index contributed by atoms with van der Waals surface area (Å²) in [7, 11) is 0. The van der Waals surface area contributed by atoms with Crippen molar-refractivity contribution in [3.8, 4) is 0 Å². The minimum Gasteiger partial charge on any atom is -0.293 e. The number of carbonyl (C=O) groups is 1. The van der Waals surface area contributed by atoms with Crippen molar-refractivity contribution in [1.29, 1.82) is 0 Å². The lowest BCUT2D eigenvalue weighted by molar-refractivity contribution is -0.114. The first-order valence-corrected chi connectivity index (χ1v) is 11.2. The van der Waals surface area contributed by atoms with E-state index in [0.717, 1.165) is 36.9 Å². The minimum absolute atomic E-state index is 0.0913. The molecule has 0 saturated carbocycles. The summed E-state index contributed by atoms with van der Waals surface area (Å²) in [4.78, 5) is 16.4. The van der Waals surface area contributed by atoms with E-state index in [1.807, 2.05) is 24.3 Å². The molecule has 3 aromatic carbocycles. The Morgan fingerprint density at radius 3 is 2.34 bits per heavy atom. The van der Waals surface area contributed by atoms with Crippen molar-refractivity contribution in [2.24, 2.45) is 0 Å². The third-order valence-corrected chi connectivity index (χ3v) is 7.46. The van der Waals surface area contributed by atoms with E-state index in [-0.39, 0.29) is 11.6 Å². The molecular formula is C24H18ClFOS2. The summed E-state index contributed by atoms with van der Waals surface area (Å²) in [6.07, 6.45) is 0.379. The van der Waals surface area contributed by atoms with Gasteiger partial charge >= 0.3 is 0 Å². The number of allylic oxidation sites excluding steroid dienone is 1. The van der Waals surface area contributed by atoms with Crippen LogP contribution in [0.2, 0.25) is 5.02 Å². The predicted molar refractivity (Wildman–Crippen MR) is 121 cm³/mol. The molecule has 29 heavy (non-hydrogen) atoms. The molecule has 3 aromatic rings. The van der Waals surface area contributed by atoms with Crippen LogP contribution in [0, 0.1) is 19.7 Å².